The van der Waals surface area contributed by atoms with Crippen LogP contribution < -0.4 is 15.5 Å². The highest BCUT2D eigenvalue weighted by Crippen LogP contribution is 2.28. The highest BCUT2D eigenvalue weighted by Gasteiger charge is 2.28. The van der Waals surface area contributed by atoms with E-state index in [1.165, 1.54) is 6.20 Å². The fourth-order valence-electron chi connectivity index (χ4n) is 3.29. The van der Waals surface area contributed by atoms with Crippen molar-refractivity contribution in [2.45, 2.75) is 12.5 Å². The summed E-state index contributed by atoms with van der Waals surface area (Å²) in [6, 6.07) is 5.86. The third-order valence-electron chi connectivity index (χ3n) is 4.74. The molecular formula is C17H19N7O. The number of rotatable bonds is 4. The van der Waals surface area contributed by atoms with E-state index >= 15 is 0 Å². The number of nitrogens with zero attached hydrogens (tertiary/aromatic N) is 5. The summed E-state index contributed by atoms with van der Waals surface area (Å²) in [4.78, 5) is 31.8. The Morgan fingerprint density at radius 3 is 2.96 bits per heavy atom. The molecule has 0 aliphatic carbocycles. The number of aromatic nitrogens is 4. The number of hydrogen-bond acceptors (Lipinski definition) is 6. The van der Waals surface area contributed by atoms with Crippen LogP contribution in [0.3, 0.4) is 0 Å². The second-order valence-corrected chi connectivity index (χ2v) is 6.21. The van der Waals surface area contributed by atoms with Crippen molar-refractivity contribution in [2.24, 2.45) is 5.73 Å². The van der Waals surface area contributed by atoms with Crippen molar-refractivity contribution < 1.29 is 4.79 Å². The van der Waals surface area contributed by atoms with Crippen LogP contribution in [0.5, 0.6) is 0 Å². The molecule has 4 rings (SSSR count). The number of H-pyrrole nitrogens is 1. The molecule has 3 N–H and O–H groups in total. The van der Waals surface area contributed by atoms with E-state index in [4.69, 9.17) is 5.73 Å². The van der Waals surface area contributed by atoms with Gasteiger partial charge in [-0.1, -0.05) is 0 Å². The number of carbonyl (C=O) groups is 1. The van der Waals surface area contributed by atoms with Crippen molar-refractivity contribution in [2.75, 3.05) is 29.9 Å². The van der Waals surface area contributed by atoms with Gasteiger partial charge in [-0.3, -0.25) is 4.79 Å². The minimum absolute atomic E-state index is 0.316. The first kappa shape index (κ1) is 15.4. The maximum Gasteiger partial charge on any atom is 0.250 e. The predicted molar refractivity (Wildman–Crippen MR) is 95.7 cm³/mol. The van der Waals surface area contributed by atoms with Gasteiger partial charge in [0.2, 0.25) is 5.91 Å². The lowest BCUT2D eigenvalue weighted by atomic mass is 10.2. The number of amides is 1. The van der Waals surface area contributed by atoms with Crippen molar-refractivity contribution in [1.29, 1.82) is 0 Å². The highest BCUT2D eigenvalue weighted by atomic mass is 16.1. The molecule has 1 aliphatic rings. The molecule has 0 radical (unpaired) electrons. The molecule has 3 aromatic rings. The van der Waals surface area contributed by atoms with Crippen LogP contribution in [0, 0.1) is 0 Å². The molecule has 8 nitrogen and oxygen atoms in total. The van der Waals surface area contributed by atoms with E-state index in [9.17, 15) is 4.79 Å². The Balaban J connectivity index is 1.52. The molecule has 1 aliphatic heterocycles. The second-order valence-electron chi connectivity index (χ2n) is 6.21. The van der Waals surface area contributed by atoms with E-state index in [1.54, 1.807) is 12.4 Å². The van der Waals surface area contributed by atoms with E-state index < -0.39 is 5.91 Å². The summed E-state index contributed by atoms with van der Waals surface area (Å²) in [6.07, 6.45) is 6.00. The van der Waals surface area contributed by atoms with Crippen molar-refractivity contribution >= 4 is 28.6 Å². The Morgan fingerprint density at radius 1 is 1.32 bits per heavy atom. The molecule has 1 atom stereocenters. The summed E-state index contributed by atoms with van der Waals surface area (Å²) in [7, 11) is 2.02. The quantitative estimate of drug-likeness (QED) is 0.740. The molecule has 1 fully saturated rings. The van der Waals surface area contributed by atoms with Crippen LogP contribution in [0.1, 0.15) is 16.8 Å². The van der Waals surface area contributed by atoms with Crippen LogP contribution in [0.15, 0.2) is 36.9 Å². The van der Waals surface area contributed by atoms with Gasteiger partial charge in [0, 0.05) is 38.6 Å². The maximum absolute atomic E-state index is 11.2. The van der Waals surface area contributed by atoms with Crippen molar-refractivity contribution in [3.05, 3.63) is 42.5 Å². The lowest BCUT2D eigenvalue weighted by molar-refractivity contribution is 0.1000. The fraction of sp³-hybridized carbons (Fsp3) is 0.294. The molecule has 0 spiro atoms. The maximum atomic E-state index is 11.2. The molecule has 8 heteroatoms. The van der Waals surface area contributed by atoms with Gasteiger partial charge < -0.3 is 20.5 Å². The number of pyridine rings is 1. The van der Waals surface area contributed by atoms with E-state index in [2.05, 4.69) is 29.7 Å². The van der Waals surface area contributed by atoms with Gasteiger partial charge >= 0.3 is 0 Å². The van der Waals surface area contributed by atoms with E-state index in [1.807, 2.05) is 25.4 Å². The molecule has 1 unspecified atom stereocenters. The zero-order valence-corrected chi connectivity index (χ0v) is 13.9. The molecular weight excluding hydrogens is 318 g/mol. The number of carbonyl (C=O) groups excluding carboxylic acids is 1. The minimum atomic E-state index is -0.465. The average molecular weight is 337 g/mol. The van der Waals surface area contributed by atoms with Gasteiger partial charge in [-0.2, -0.15) is 0 Å². The summed E-state index contributed by atoms with van der Waals surface area (Å²) in [5, 5.41) is 1.04. The lowest BCUT2D eigenvalue weighted by Gasteiger charge is -2.26. The van der Waals surface area contributed by atoms with Crippen LogP contribution in [-0.4, -0.2) is 52.0 Å². The molecule has 0 aromatic carbocycles. The number of nitrogens with two attached hydrogens (primary N) is 1. The van der Waals surface area contributed by atoms with E-state index in [0.717, 1.165) is 42.2 Å². The summed E-state index contributed by atoms with van der Waals surface area (Å²) >= 11 is 0. The number of primary amides is 1. The first-order chi connectivity index (χ1) is 12.1. The fourth-order valence-corrected chi connectivity index (χ4v) is 3.29. The minimum Gasteiger partial charge on any atom is -0.366 e. The normalized spacial score (nSPS) is 17.2. The number of likely N-dealkylation sites (N-methyl/N-ethyl adjacent to an activating group) is 1. The van der Waals surface area contributed by atoms with Gasteiger partial charge in [0.1, 0.15) is 23.6 Å². The zero-order valence-electron chi connectivity index (χ0n) is 13.9. The van der Waals surface area contributed by atoms with Crippen LogP contribution in [0.4, 0.5) is 11.6 Å². The van der Waals surface area contributed by atoms with E-state index in [-0.39, 0.29) is 0 Å². The number of fused-ring (bicyclic) bond motifs is 1. The molecule has 0 bridgehead atoms. The van der Waals surface area contributed by atoms with Crippen LogP contribution in [0.2, 0.25) is 0 Å². The van der Waals surface area contributed by atoms with Crippen LogP contribution in [0.25, 0.3) is 11.0 Å². The highest BCUT2D eigenvalue weighted by molar-refractivity contribution is 5.92. The van der Waals surface area contributed by atoms with Gasteiger partial charge in [0.25, 0.3) is 0 Å². The lowest BCUT2D eigenvalue weighted by Crippen LogP contribution is -2.35. The smallest absolute Gasteiger partial charge is 0.250 e. The summed E-state index contributed by atoms with van der Waals surface area (Å²) in [5.74, 6) is 1.32. The topological polar surface area (TPSA) is 104 Å². The van der Waals surface area contributed by atoms with Gasteiger partial charge in [-0.15, -0.1) is 0 Å². The SMILES string of the molecule is CN(c1ccc(C(N)=O)cn1)C1CCN(c2ncnc3[nH]ccc23)C1. The van der Waals surface area contributed by atoms with Crippen LogP contribution in [-0.2, 0) is 0 Å². The largest absolute Gasteiger partial charge is 0.366 e. The van der Waals surface area contributed by atoms with Gasteiger partial charge in [-0.05, 0) is 24.6 Å². The first-order valence-electron chi connectivity index (χ1n) is 8.15. The zero-order chi connectivity index (χ0) is 17.4. The Morgan fingerprint density at radius 2 is 2.20 bits per heavy atom. The summed E-state index contributed by atoms with van der Waals surface area (Å²) in [5.41, 5.74) is 6.54. The predicted octanol–water partition coefficient (Wildman–Crippen LogP) is 1.17. The van der Waals surface area contributed by atoms with Gasteiger partial charge in [-0.25, -0.2) is 15.0 Å². The Hall–Kier alpha value is -3.16. The van der Waals surface area contributed by atoms with Gasteiger partial charge in [0.15, 0.2) is 0 Å². The molecule has 1 saturated heterocycles. The number of aromatic amines is 1. The molecule has 4 heterocycles. The number of nitrogens with one attached hydrogen (secondary N) is 1. The average Bonchev–Trinajstić information content (AvgIpc) is 3.30. The Kier molecular flexibility index (Phi) is 3.72. The molecule has 0 saturated carbocycles. The summed E-state index contributed by atoms with van der Waals surface area (Å²) in [6.45, 7) is 1.78. The van der Waals surface area contributed by atoms with Crippen LogP contribution >= 0.6 is 0 Å². The standard InChI is InChI=1S/C17H19N7O/c1-23(14-3-2-11(8-20-14)15(18)25)12-5-7-24(9-12)17-13-4-6-19-16(13)21-10-22-17/h2-4,6,8,10,12H,5,7,9H2,1H3,(H2,18,25)(H,19,21,22). The number of hydrogen-bond donors (Lipinski definition) is 2. The van der Waals surface area contributed by atoms with Crippen molar-refractivity contribution in [1.82, 2.24) is 19.9 Å². The van der Waals surface area contributed by atoms with Gasteiger partial charge in [0.05, 0.1) is 10.9 Å². The van der Waals surface area contributed by atoms with Crippen molar-refractivity contribution in [3.8, 4) is 0 Å². The third kappa shape index (κ3) is 2.75. The monoisotopic (exact) mass is 337 g/mol. The third-order valence-corrected chi connectivity index (χ3v) is 4.74. The van der Waals surface area contributed by atoms with E-state index in [0.29, 0.717) is 11.6 Å². The van der Waals surface area contributed by atoms with Crippen molar-refractivity contribution in [3.63, 3.8) is 0 Å². The summed E-state index contributed by atoms with van der Waals surface area (Å²) < 4.78 is 0. The molecule has 3 aromatic heterocycles. The first-order valence-corrected chi connectivity index (χ1v) is 8.15. The number of anilines is 2. The molecule has 25 heavy (non-hydrogen) atoms. The second kappa shape index (κ2) is 6.04. The molecule has 128 valence electrons. The molecule has 1 amide bonds. The Bertz CT molecular complexity index is 905. The Labute approximate surface area is 144 Å².